The van der Waals surface area contributed by atoms with E-state index in [2.05, 4.69) is 47.4 Å². The summed E-state index contributed by atoms with van der Waals surface area (Å²) in [6.07, 6.45) is 11.3. The molecule has 12 aromatic rings. The van der Waals surface area contributed by atoms with Crippen molar-refractivity contribution in [3.05, 3.63) is 382 Å². The number of anilines is 5. The molecule has 0 unspecified atom stereocenters. The molecule has 0 heterocycles. The average Bonchev–Trinajstić information content (AvgIpc) is 0.829. The number of carbonyl (C=O) groups excluding carboxylic acids is 7. The van der Waals surface area contributed by atoms with Gasteiger partial charge >= 0.3 is 41.8 Å². The third kappa shape index (κ3) is 33.3. The summed E-state index contributed by atoms with van der Waals surface area (Å²) in [5.41, 5.74) is 11.8. The summed E-state index contributed by atoms with van der Waals surface area (Å²) in [6.45, 7) is 12.0. The van der Waals surface area contributed by atoms with Gasteiger partial charge in [-0.05, 0) is 239 Å². The number of rotatable bonds is 36. The molecule has 31 nitrogen and oxygen atoms in total. The summed E-state index contributed by atoms with van der Waals surface area (Å²) < 4.78 is 24.6. The van der Waals surface area contributed by atoms with Gasteiger partial charge < -0.3 is 77.5 Å². The lowest BCUT2D eigenvalue weighted by Crippen LogP contribution is -2.18. The van der Waals surface area contributed by atoms with Crippen LogP contribution in [0.2, 0.25) is 5.02 Å². The van der Waals surface area contributed by atoms with Crippen LogP contribution in [0.5, 0.6) is 11.5 Å². The third-order valence-corrected chi connectivity index (χ3v) is 21.3. The molecule has 0 saturated heterocycles. The highest BCUT2D eigenvalue weighted by Gasteiger charge is 2.26. The minimum Gasteiger partial charge on any atom is -0.495 e. The second-order valence-electron chi connectivity index (χ2n) is 31.6. The van der Waals surface area contributed by atoms with Gasteiger partial charge in [0.2, 0.25) is 5.91 Å². The lowest BCUT2D eigenvalue weighted by Gasteiger charge is -2.13. The van der Waals surface area contributed by atoms with Gasteiger partial charge in [0, 0.05) is 28.9 Å². The van der Waals surface area contributed by atoms with Crippen molar-refractivity contribution in [1.82, 2.24) is 0 Å². The van der Waals surface area contributed by atoms with Crippen LogP contribution in [0.15, 0.2) is 255 Å². The Kier molecular flexibility index (Phi) is 43.9. The van der Waals surface area contributed by atoms with Crippen LogP contribution in [0.4, 0.5) is 32.8 Å². The molecular formula is C109H104ClFN8O23. The number of ether oxygens (including phenoxy) is 2. The van der Waals surface area contributed by atoms with Crippen LogP contribution in [0, 0.1) is 28.5 Å². The topological polar surface area (TPSA) is 533 Å². The lowest BCUT2D eigenvalue weighted by atomic mass is 9.93. The first-order valence-corrected chi connectivity index (χ1v) is 45.0. The van der Waals surface area contributed by atoms with Gasteiger partial charge in [0.15, 0.2) is 5.78 Å². The molecule has 33 heteroatoms. The molecule has 142 heavy (non-hydrogen) atoms. The molecule has 0 radical (unpaired) electrons. The van der Waals surface area contributed by atoms with Gasteiger partial charge in [-0.1, -0.05) is 174 Å². The van der Waals surface area contributed by atoms with Gasteiger partial charge in [-0.15, -0.1) is 0 Å². The number of benzene rings is 12. The number of primary amides is 1. The smallest absolute Gasteiger partial charge is 0.337 e. The van der Waals surface area contributed by atoms with Crippen LogP contribution < -0.4 is 41.8 Å². The Morgan fingerprint density at radius 3 is 0.965 bits per heavy atom. The molecule has 732 valence electrons. The van der Waals surface area contributed by atoms with Crippen molar-refractivity contribution in [1.29, 1.82) is 10.5 Å². The maximum absolute atomic E-state index is 14.1. The Balaban J connectivity index is 0.000000231. The van der Waals surface area contributed by atoms with E-state index in [1.165, 1.54) is 128 Å². The van der Waals surface area contributed by atoms with Gasteiger partial charge in [0.1, 0.15) is 29.5 Å². The Hall–Kier alpha value is -17.8. The molecule has 0 aliphatic carbocycles. The number of aromatic carboxylic acids is 7. The highest BCUT2D eigenvalue weighted by Crippen LogP contribution is 2.31. The van der Waals surface area contributed by atoms with Crippen LogP contribution in [-0.4, -0.2) is 132 Å². The average molecular weight is 1950 g/mol. The second-order valence-corrected chi connectivity index (χ2v) is 32.0. The number of nitrogens with zero attached hydrogens (tertiary/aromatic N) is 2. The number of unbranched alkanes of at least 4 members (excludes halogenated alkanes) is 4. The van der Waals surface area contributed by atoms with Crippen molar-refractivity contribution in [3.63, 3.8) is 0 Å². The molecule has 0 aliphatic rings. The van der Waals surface area contributed by atoms with Crippen molar-refractivity contribution in [3.8, 4) is 23.6 Å². The molecule has 0 bridgehead atoms. The number of aryl methyl sites for hydroxylation is 4. The standard InChI is InChI=1S/C20H21NO4.C19H19NO5.C18H18ClNO3.C18H18FNO3.C18H16N2O4.C16H12N2O4/c1-2-3-6-13-9-10-14(17(11-13)19(21)23)12-18(22)15-7-4-5-8-16(15)20(24)25;1-2-3-6-12-9-10-16(15(11-12)19(24)25)20-17(21)13-7-4-5-8-14(13)18(22)23;2*1-2-3-6-12-9-10-16(15(19)11-12)20-17(21)13-7-4-5-8-14(13)18(22)23;1-11(2)24-16-8-7-13(9-12(16)10-19)20-17(21)14-5-3-4-6-15(14)18(22)23;1-22-14-7-6-11(8-10(14)9-17)18-15(19)12-4-2-3-5-13(12)16(20)21/h4-5,7-11H,2-3,6,12H2,1H3,(H2,21,23)(H,24,25);4-5,7-11H,2-3,6H2,1H3,(H,20,21)(H,22,23)(H,24,25);2*4-5,7-11H,2-3,6H2,1H3,(H,20,21)(H,22,23);3-9,11H,1-2H3,(H,20,21)(H,22,23);2-8H,1H3,(H,18,19)(H,20,21). The van der Waals surface area contributed by atoms with Crippen molar-refractivity contribution in [2.45, 2.75) is 131 Å². The Morgan fingerprint density at radius 1 is 0.345 bits per heavy atom. The molecule has 0 aliphatic heterocycles. The zero-order chi connectivity index (χ0) is 104. The molecule has 12 aromatic carbocycles. The Morgan fingerprint density at radius 2 is 0.634 bits per heavy atom. The lowest BCUT2D eigenvalue weighted by molar-refractivity contribution is 0.0683. The van der Waals surface area contributed by atoms with E-state index in [1.54, 1.807) is 115 Å². The summed E-state index contributed by atoms with van der Waals surface area (Å²) in [7, 11) is 1.44. The van der Waals surface area contributed by atoms with Crippen LogP contribution >= 0.6 is 11.6 Å². The molecule has 0 spiro atoms. The van der Waals surface area contributed by atoms with E-state index < -0.39 is 83.0 Å². The molecule has 12 rings (SSSR count). The number of halogens is 2. The zero-order valence-corrected chi connectivity index (χ0v) is 79.2. The summed E-state index contributed by atoms with van der Waals surface area (Å²) >= 11 is 6.21. The van der Waals surface area contributed by atoms with Gasteiger partial charge in [0.25, 0.3) is 29.5 Å². The van der Waals surface area contributed by atoms with E-state index in [0.29, 0.717) is 44.7 Å². The Labute approximate surface area is 822 Å². The maximum atomic E-state index is 14.1. The first-order valence-electron chi connectivity index (χ1n) is 44.6. The number of nitrogens with two attached hydrogens (primary N) is 1. The van der Waals surface area contributed by atoms with E-state index in [0.717, 1.165) is 99.3 Å². The predicted octanol–water partition coefficient (Wildman–Crippen LogP) is 21.5. The molecule has 0 atom stereocenters. The molecular weight excluding hydrogens is 1840 g/mol. The third-order valence-electron chi connectivity index (χ3n) is 21.0. The first kappa shape index (κ1) is 111. The van der Waals surface area contributed by atoms with Gasteiger partial charge in [-0.3, -0.25) is 33.6 Å². The number of carboxylic acid groups (broad SMARTS) is 7. The van der Waals surface area contributed by atoms with E-state index >= 15 is 0 Å². The van der Waals surface area contributed by atoms with E-state index in [1.807, 2.05) is 51.1 Å². The SMILES string of the molecule is CC(C)Oc1ccc(NC(=O)c2ccccc2C(=O)O)cc1C#N.CCCCc1ccc(CC(=O)c2ccccc2C(=O)O)c(C(N)=O)c1.CCCCc1ccc(NC(=O)c2ccccc2C(=O)O)c(C(=O)O)c1.CCCCc1ccc(NC(=O)c2ccccc2C(=O)O)c(Cl)c1.CCCCc1ccc(NC(=O)c2ccccc2C(=O)O)c(F)c1.COc1ccc(NC(=O)c2ccccc2C(=O)O)cc1C#N. The van der Waals surface area contributed by atoms with E-state index in [-0.39, 0.29) is 113 Å². The maximum Gasteiger partial charge on any atom is 0.337 e. The number of nitriles is 2. The van der Waals surface area contributed by atoms with Gasteiger partial charge in [-0.2, -0.15) is 10.5 Å². The van der Waals surface area contributed by atoms with Crippen LogP contribution in [0.3, 0.4) is 0 Å². The molecule has 0 fully saturated rings. The zero-order valence-electron chi connectivity index (χ0n) is 78.4. The summed E-state index contributed by atoms with van der Waals surface area (Å²) in [6, 6.07) is 69.1. The predicted molar refractivity (Wildman–Crippen MR) is 533 cm³/mol. The van der Waals surface area contributed by atoms with Crippen LogP contribution in [-0.2, 0) is 32.1 Å². The number of hydrogen-bond acceptors (Lipinski definition) is 18. The van der Waals surface area contributed by atoms with Crippen molar-refractivity contribution >= 4 is 123 Å². The number of nitrogens with one attached hydrogen (secondary N) is 5. The first-order chi connectivity index (χ1) is 67.9. The largest absolute Gasteiger partial charge is 0.495 e. The quantitative estimate of drug-likeness (QED) is 0.0162. The summed E-state index contributed by atoms with van der Waals surface area (Å²) in [5, 5.41) is 95.7. The Bertz CT molecular complexity index is 6480. The van der Waals surface area contributed by atoms with Crippen LogP contribution in [0.25, 0.3) is 0 Å². The number of hydrogen-bond donors (Lipinski definition) is 13. The van der Waals surface area contributed by atoms with Gasteiger partial charge in [0.05, 0.1) is 113 Å². The van der Waals surface area contributed by atoms with E-state index in [4.69, 9.17) is 57.6 Å². The monoisotopic (exact) mass is 1950 g/mol. The van der Waals surface area contributed by atoms with Gasteiger partial charge in [-0.25, -0.2) is 38.0 Å². The number of methoxy groups -OCH3 is 1. The number of carboxylic acids is 7. The molecule has 14 N–H and O–H groups in total. The number of ketones is 1. The molecule has 0 saturated carbocycles. The minimum absolute atomic E-state index is 0.00513. The number of carbonyl (C=O) groups is 14. The second kappa shape index (κ2) is 56.0. The highest BCUT2D eigenvalue weighted by molar-refractivity contribution is 6.34. The fourth-order valence-electron chi connectivity index (χ4n) is 13.8. The fraction of sp³-hybridized carbons (Fsp3) is 0.193. The highest BCUT2D eigenvalue weighted by atomic mass is 35.5. The minimum atomic E-state index is -1.22. The number of amides is 6. The van der Waals surface area contributed by atoms with Crippen molar-refractivity contribution in [2.24, 2.45) is 5.73 Å². The van der Waals surface area contributed by atoms with Crippen molar-refractivity contribution < 1.29 is 117 Å². The summed E-state index contributed by atoms with van der Waals surface area (Å²) in [4.78, 5) is 164. The van der Waals surface area contributed by atoms with Crippen LogP contribution in [0.1, 0.15) is 277 Å². The molecule has 0 aromatic heterocycles. The number of Topliss-reactive ketones (excluding diaryl/α,β-unsaturated/α-hetero) is 1. The van der Waals surface area contributed by atoms with E-state index in [9.17, 15) is 87.0 Å². The summed E-state index contributed by atoms with van der Waals surface area (Å²) in [5.74, 6) is -11.8. The normalized spacial score (nSPS) is 10.2. The van der Waals surface area contributed by atoms with Crippen molar-refractivity contribution in [2.75, 3.05) is 33.7 Å². The fourth-order valence-corrected chi connectivity index (χ4v) is 14.0. The molecule has 6 amide bonds.